The van der Waals surface area contributed by atoms with Crippen molar-refractivity contribution in [3.05, 3.63) is 20.9 Å². The molecule has 5 heteroatoms. The van der Waals surface area contributed by atoms with Crippen LogP contribution in [0.5, 0.6) is 0 Å². The number of anilines is 1. The molecule has 0 atom stereocenters. The highest BCUT2D eigenvalue weighted by Gasteiger charge is 2.09. The van der Waals surface area contributed by atoms with Crippen LogP contribution in [0.1, 0.15) is 5.01 Å². The van der Waals surface area contributed by atoms with Gasteiger partial charge in [-0.15, -0.1) is 22.7 Å². The van der Waals surface area contributed by atoms with E-state index >= 15 is 0 Å². The predicted octanol–water partition coefficient (Wildman–Crippen LogP) is 3.52. The number of thiazole rings is 1. The molecule has 0 aromatic carbocycles. The van der Waals surface area contributed by atoms with E-state index in [1.165, 1.54) is 11.3 Å². The quantitative estimate of drug-likeness (QED) is 0.864. The molecule has 2 rings (SSSR count). The van der Waals surface area contributed by atoms with E-state index in [9.17, 15) is 0 Å². The fraction of sp³-hybridized carbons (Fsp3) is 0.125. The van der Waals surface area contributed by atoms with Crippen molar-refractivity contribution in [2.24, 2.45) is 0 Å². The Hall–Kier alpha value is -0.390. The molecule has 2 aromatic rings. The summed E-state index contributed by atoms with van der Waals surface area (Å²) in [4.78, 5) is 5.50. The molecule has 2 aromatic heterocycles. The third kappa shape index (κ3) is 1.77. The molecule has 0 amide bonds. The lowest BCUT2D eigenvalue weighted by Crippen LogP contribution is -1.82. The second-order valence-corrected chi connectivity index (χ2v) is 6.25. The van der Waals surface area contributed by atoms with Crippen LogP contribution >= 0.6 is 38.6 Å². The maximum Gasteiger partial charge on any atom is 0.115 e. The molecular formula is C8H7BrN2S2. The lowest BCUT2D eigenvalue weighted by Gasteiger charge is -1.90. The number of nitrogens with two attached hydrogens (primary N) is 1. The highest BCUT2D eigenvalue weighted by Crippen LogP contribution is 2.36. The summed E-state index contributed by atoms with van der Waals surface area (Å²) in [6, 6.07) is 4.04. The number of thiophene rings is 1. The van der Waals surface area contributed by atoms with Crippen molar-refractivity contribution in [1.29, 1.82) is 0 Å². The molecule has 13 heavy (non-hydrogen) atoms. The standard InChI is InChI=1S/C8H7BrN2S2/c1-4-11-7(8(10)12-4)5-2-3-6(9)13-5/h2-3H,10H2,1H3. The van der Waals surface area contributed by atoms with Crippen LogP contribution in [-0.2, 0) is 0 Å². The SMILES string of the molecule is Cc1nc(-c2ccc(Br)s2)c(N)s1. The van der Waals surface area contributed by atoms with E-state index in [1.807, 2.05) is 19.1 Å². The van der Waals surface area contributed by atoms with Gasteiger partial charge in [0.25, 0.3) is 0 Å². The average Bonchev–Trinajstić information content (AvgIpc) is 2.58. The Kier molecular flexibility index (Phi) is 2.40. The third-order valence-corrected chi connectivity index (χ3v) is 4.00. The fourth-order valence-corrected chi connectivity index (χ4v) is 3.22. The summed E-state index contributed by atoms with van der Waals surface area (Å²) in [5.74, 6) is 0. The monoisotopic (exact) mass is 274 g/mol. The van der Waals surface area contributed by atoms with Crippen LogP contribution in [0, 0.1) is 6.92 Å². The Bertz CT molecular complexity index is 433. The third-order valence-electron chi connectivity index (χ3n) is 1.57. The minimum atomic E-state index is 0.798. The van der Waals surface area contributed by atoms with Gasteiger partial charge in [0, 0.05) is 0 Å². The van der Waals surface area contributed by atoms with Gasteiger partial charge >= 0.3 is 0 Å². The molecule has 0 spiro atoms. The Morgan fingerprint density at radius 2 is 2.15 bits per heavy atom. The summed E-state index contributed by atoms with van der Waals surface area (Å²) in [6.07, 6.45) is 0. The highest BCUT2D eigenvalue weighted by atomic mass is 79.9. The van der Waals surface area contributed by atoms with E-state index in [0.29, 0.717) is 0 Å². The van der Waals surface area contributed by atoms with E-state index in [4.69, 9.17) is 5.73 Å². The zero-order chi connectivity index (χ0) is 9.42. The Morgan fingerprint density at radius 3 is 2.62 bits per heavy atom. The van der Waals surface area contributed by atoms with Crippen LogP contribution in [-0.4, -0.2) is 4.98 Å². The van der Waals surface area contributed by atoms with Gasteiger partial charge in [0.2, 0.25) is 0 Å². The zero-order valence-electron chi connectivity index (χ0n) is 6.87. The van der Waals surface area contributed by atoms with Crippen molar-refractivity contribution in [2.75, 3.05) is 5.73 Å². The summed E-state index contributed by atoms with van der Waals surface area (Å²) in [6.45, 7) is 1.97. The molecule has 2 heterocycles. The Labute approximate surface area is 92.6 Å². The van der Waals surface area contributed by atoms with Crippen molar-refractivity contribution >= 4 is 43.6 Å². The number of halogens is 1. The zero-order valence-corrected chi connectivity index (χ0v) is 10.1. The molecule has 0 saturated carbocycles. The number of nitrogen functional groups attached to an aromatic ring is 1. The first-order valence-electron chi connectivity index (χ1n) is 3.65. The van der Waals surface area contributed by atoms with E-state index in [2.05, 4.69) is 20.9 Å². The first-order valence-corrected chi connectivity index (χ1v) is 6.08. The molecule has 0 aliphatic heterocycles. The van der Waals surface area contributed by atoms with Gasteiger partial charge in [0.05, 0.1) is 13.7 Å². The second-order valence-electron chi connectivity index (χ2n) is 2.55. The van der Waals surface area contributed by atoms with Gasteiger partial charge in [-0.1, -0.05) is 0 Å². The molecule has 0 saturated heterocycles. The van der Waals surface area contributed by atoms with Crippen LogP contribution < -0.4 is 5.73 Å². The highest BCUT2D eigenvalue weighted by molar-refractivity contribution is 9.11. The van der Waals surface area contributed by atoms with Crippen LogP contribution in [0.3, 0.4) is 0 Å². The van der Waals surface area contributed by atoms with Gasteiger partial charge in [-0.2, -0.15) is 0 Å². The van der Waals surface area contributed by atoms with Crippen LogP contribution in [0.2, 0.25) is 0 Å². The molecule has 0 fully saturated rings. The number of aromatic nitrogens is 1. The second kappa shape index (κ2) is 3.40. The fourth-order valence-electron chi connectivity index (χ4n) is 1.06. The molecule has 0 unspecified atom stereocenters. The van der Waals surface area contributed by atoms with Gasteiger partial charge in [-0.25, -0.2) is 4.98 Å². The van der Waals surface area contributed by atoms with E-state index in [0.717, 1.165) is 24.4 Å². The summed E-state index contributed by atoms with van der Waals surface area (Å²) >= 11 is 6.59. The molecule has 68 valence electrons. The molecule has 0 aliphatic carbocycles. The normalized spacial score (nSPS) is 10.6. The van der Waals surface area contributed by atoms with Gasteiger partial charge in [0.15, 0.2) is 0 Å². The Balaban J connectivity index is 2.51. The van der Waals surface area contributed by atoms with Crippen LogP contribution in [0.25, 0.3) is 10.6 Å². The first-order chi connectivity index (χ1) is 6.16. The molecule has 2 N–H and O–H groups in total. The van der Waals surface area contributed by atoms with E-state index in [-0.39, 0.29) is 0 Å². The van der Waals surface area contributed by atoms with Crippen molar-refractivity contribution < 1.29 is 0 Å². The summed E-state index contributed by atoms with van der Waals surface area (Å²) in [5.41, 5.74) is 6.75. The molecule has 0 bridgehead atoms. The lowest BCUT2D eigenvalue weighted by molar-refractivity contribution is 1.31. The van der Waals surface area contributed by atoms with Crippen LogP contribution in [0.15, 0.2) is 15.9 Å². The average molecular weight is 275 g/mol. The number of hydrogen-bond acceptors (Lipinski definition) is 4. The summed E-state index contributed by atoms with van der Waals surface area (Å²) < 4.78 is 1.10. The van der Waals surface area contributed by atoms with Gasteiger partial charge in [0.1, 0.15) is 10.7 Å². The smallest absolute Gasteiger partial charge is 0.115 e. The van der Waals surface area contributed by atoms with E-state index in [1.54, 1.807) is 11.3 Å². The number of rotatable bonds is 1. The minimum Gasteiger partial charge on any atom is -0.389 e. The van der Waals surface area contributed by atoms with E-state index < -0.39 is 0 Å². The summed E-state index contributed by atoms with van der Waals surface area (Å²) in [5, 5.41) is 1.81. The Morgan fingerprint density at radius 1 is 1.38 bits per heavy atom. The molecular weight excluding hydrogens is 268 g/mol. The van der Waals surface area contributed by atoms with Gasteiger partial charge < -0.3 is 5.73 Å². The largest absolute Gasteiger partial charge is 0.389 e. The summed E-state index contributed by atoms with van der Waals surface area (Å²) in [7, 11) is 0. The maximum absolute atomic E-state index is 5.83. The van der Waals surface area contributed by atoms with Crippen molar-refractivity contribution in [2.45, 2.75) is 6.92 Å². The molecule has 0 aliphatic rings. The van der Waals surface area contributed by atoms with Crippen LogP contribution in [0.4, 0.5) is 5.00 Å². The van der Waals surface area contributed by atoms with Gasteiger partial charge in [-0.3, -0.25) is 0 Å². The lowest BCUT2D eigenvalue weighted by atomic mass is 10.4. The molecule has 0 radical (unpaired) electrons. The number of hydrogen-bond donors (Lipinski definition) is 1. The van der Waals surface area contributed by atoms with Crippen molar-refractivity contribution in [3.63, 3.8) is 0 Å². The van der Waals surface area contributed by atoms with Gasteiger partial charge in [-0.05, 0) is 35.0 Å². The van der Waals surface area contributed by atoms with Crippen molar-refractivity contribution in [1.82, 2.24) is 4.98 Å². The maximum atomic E-state index is 5.83. The van der Waals surface area contributed by atoms with Crippen molar-refractivity contribution in [3.8, 4) is 10.6 Å². The predicted molar refractivity (Wildman–Crippen MR) is 62.3 cm³/mol. The minimum absolute atomic E-state index is 0.798. The number of nitrogens with zero attached hydrogens (tertiary/aromatic N) is 1. The molecule has 2 nitrogen and oxygen atoms in total. The first kappa shape index (κ1) is 9.18. The number of aryl methyl sites for hydroxylation is 1. The topological polar surface area (TPSA) is 38.9 Å².